The van der Waals surface area contributed by atoms with Crippen LogP contribution in [-0.4, -0.2) is 53.7 Å². The standard InChI is InChI=1S/C17H22N4O3/c1-23-14-4-2-3-5-15(14)24-11-7-19-17(22)13-20-9-10-21-8-6-18-16(21)12-20/h2-6,8H,7,9-13H2,1H3,(H,19,22). The number of carbonyl (C=O) groups is 1. The molecule has 2 heterocycles. The van der Waals surface area contributed by atoms with E-state index in [1.165, 1.54) is 0 Å². The second-order valence-electron chi connectivity index (χ2n) is 5.60. The summed E-state index contributed by atoms with van der Waals surface area (Å²) in [6.45, 7) is 3.67. The zero-order valence-electron chi connectivity index (χ0n) is 13.8. The number of rotatable bonds is 7. The molecule has 3 rings (SSSR count). The van der Waals surface area contributed by atoms with Gasteiger partial charge in [-0.25, -0.2) is 4.98 Å². The normalized spacial score (nSPS) is 14.0. The van der Waals surface area contributed by atoms with Crippen molar-refractivity contribution in [2.75, 3.05) is 33.4 Å². The van der Waals surface area contributed by atoms with E-state index in [-0.39, 0.29) is 5.91 Å². The van der Waals surface area contributed by atoms with Gasteiger partial charge in [0.25, 0.3) is 0 Å². The second kappa shape index (κ2) is 7.83. The molecule has 0 aliphatic carbocycles. The SMILES string of the molecule is COc1ccccc1OCCNC(=O)CN1CCn2ccnc2C1. The largest absolute Gasteiger partial charge is 0.493 e. The van der Waals surface area contributed by atoms with Crippen molar-refractivity contribution in [2.24, 2.45) is 0 Å². The topological polar surface area (TPSA) is 68.6 Å². The Labute approximate surface area is 141 Å². The number of imidazole rings is 1. The van der Waals surface area contributed by atoms with Crippen molar-refractivity contribution in [1.82, 2.24) is 19.8 Å². The van der Waals surface area contributed by atoms with E-state index in [0.29, 0.717) is 37.7 Å². The van der Waals surface area contributed by atoms with Crippen molar-refractivity contribution in [2.45, 2.75) is 13.1 Å². The van der Waals surface area contributed by atoms with Gasteiger partial charge >= 0.3 is 0 Å². The molecule has 1 N–H and O–H groups in total. The third-order valence-corrected chi connectivity index (χ3v) is 3.94. The van der Waals surface area contributed by atoms with Gasteiger partial charge in [-0.3, -0.25) is 9.69 Å². The molecule has 0 radical (unpaired) electrons. The van der Waals surface area contributed by atoms with E-state index in [0.717, 1.165) is 18.9 Å². The second-order valence-corrected chi connectivity index (χ2v) is 5.60. The Hall–Kier alpha value is -2.54. The molecule has 0 atom stereocenters. The van der Waals surface area contributed by atoms with Crippen LogP contribution in [0.4, 0.5) is 0 Å². The number of hydrogen-bond acceptors (Lipinski definition) is 5. The van der Waals surface area contributed by atoms with Crippen LogP contribution in [0.5, 0.6) is 11.5 Å². The number of amides is 1. The number of ether oxygens (including phenoxy) is 2. The van der Waals surface area contributed by atoms with Gasteiger partial charge in [0, 0.05) is 25.5 Å². The summed E-state index contributed by atoms with van der Waals surface area (Å²) in [5.74, 6) is 2.37. The molecule has 1 aromatic heterocycles. The number of nitrogens with zero attached hydrogens (tertiary/aromatic N) is 3. The summed E-state index contributed by atoms with van der Waals surface area (Å²) in [7, 11) is 1.61. The fraction of sp³-hybridized carbons (Fsp3) is 0.412. The summed E-state index contributed by atoms with van der Waals surface area (Å²) in [5, 5.41) is 2.88. The lowest BCUT2D eigenvalue weighted by atomic mass is 10.3. The molecule has 7 heteroatoms. The first-order chi connectivity index (χ1) is 11.8. The van der Waals surface area contributed by atoms with Crippen LogP contribution in [-0.2, 0) is 17.9 Å². The maximum absolute atomic E-state index is 12.0. The van der Waals surface area contributed by atoms with Crippen LogP contribution in [0.2, 0.25) is 0 Å². The maximum atomic E-state index is 12.0. The van der Waals surface area contributed by atoms with Crippen molar-refractivity contribution in [1.29, 1.82) is 0 Å². The van der Waals surface area contributed by atoms with Gasteiger partial charge in [0.2, 0.25) is 5.91 Å². The number of para-hydroxylation sites is 2. The van der Waals surface area contributed by atoms with Crippen molar-refractivity contribution in [3.8, 4) is 11.5 Å². The Bertz CT molecular complexity index is 686. The fourth-order valence-corrected chi connectivity index (χ4v) is 2.71. The van der Waals surface area contributed by atoms with Gasteiger partial charge in [0.1, 0.15) is 12.4 Å². The fourth-order valence-electron chi connectivity index (χ4n) is 2.71. The lowest BCUT2D eigenvalue weighted by Gasteiger charge is -2.26. The molecule has 1 aliphatic heterocycles. The van der Waals surface area contributed by atoms with Gasteiger partial charge < -0.3 is 19.4 Å². The number of carbonyl (C=O) groups excluding carboxylic acids is 1. The van der Waals surface area contributed by atoms with Crippen molar-refractivity contribution in [3.63, 3.8) is 0 Å². The zero-order chi connectivity index (χ0) is 16.8. The summed E-state index contributed by atoms with van der Waals surface area (Å²) in [6, 6.07) is 7.46. The minimum atomic E-state index is -0.00127. The highest BCUT2D eigenvalue weighted by Crippen LogP contribution is 2.25. The molecule has 1 aliphatic rings. The molecule has 0 saturated carbocycles. The van der Waals surface area contributed by atoms with E-state index in [1.807, 2.05) is 30.5 Å². The summed E-state index contributed by atoms with van der Waals surface area (Å²) >= 11 is 0. The molecule has 0 bridgehead atoms. The van der Waals surface area contributed by atoms with Gasteiger partial charge in [-0.2, -0.15) is 0 Å². The molecule has 0 fully saturated rings. The highest BCUT2D eigenvalue weighted by atomic mass is 16.5. The highest BCUT2D eigenvalue weighted by Gasteiger charge is 2.18. The monoisotopic (exact) mass is 330 g/mol. The summed E-state index contributed by atoms with van der Waals surface area (Å²) in [5.41, 5.74) is 0. The number of fused-ring (bicyclic) bond motifs is 1. The lowest BCUT2D eigenvalue weighted by Crippen LogP contribution is -2.42. The van der Waals surface area contributed by atoms with E-state index < -0.39 is 0 Å². The van der Waals surface area contributed by atoms with E-state index >= 15 is 0 Å². The van der Waals surface area contributed by atoms with Crippen molar-refractivity contribution >= 4 is 5.91 Å². The van der Waals surface area contributed by atoms with E-state index in [1.54, 1.807) is 13.3 Å². The quantitative estimate of drug-likeness (QED) is 0.764. The number of nitrogens with one attached hydrogen (secondary N) is 1. The average Bonchev–Trinajstić information content (AvgIpc) is 3.07. The van der Waals surface area contributed by atoms with Crippen molar-refractivity contribution in [3.05, 3.63) is 42.5 Å². The molecular weight excluding hydrogens is 308 g/mol. The molecule has 0 unspecified atom stereocenters. The van der Waals surface area contributed by atoms with Crippen molar-refractivity contribution < 1.29 is 14.3 Å². The van der Waals surface area contributed by atoms with Gasteiger partial charge in [-0.1, -0.05) is 12.1 Å². The van der Waals surface area contributed by atoms with Crippen LogP contribution < -0.4 is 14.8 Å². The van der Waals surface area contributed by atoms with E-state index in [2.05, 4.69) is 19.8 Å². The average molecular weight is 330 g/mol. The summed E-state index contributed by atoms with van der Waals surface area (Å²) in [6.07, 6.45) is 3.77. The predicted octanol–water partition coefficient (Wildman–Crippen LogP) is 0.902. The van der Waals surface area contributed by atoms with Crippen LogP contribution in [0.15, 0.2) is 36.7 Å². The van der Waals surface area contributed by atoms with Gasteiger partial charge in [0.15, 0.2) is 11.5 Å². The Morgan fingerprint density at radius 2 is 2.12 bits per heavy atom. The van der Waals surface area contributed by atoms with Crippen LogP contribution >= 0.6 is 0 Å². The smallest absolute Gasteiger partial charge is 0.234 e. The number of benzene rings is 1. The number of aromatic nitrogens is 2. The van der Waals surface area contributed by atoms with Crippen LogP contribution in [0.25, 0.3) is 0 Å². The van der Waals surface area contributed by atoms with Crippen LogP contribution in [0.1, 0.15) is 5.82 Å². The summed E-state index contributed by atoms with van der Waals surface area (Å²) in [4.78, 5) is 18.4. The molecule has 1 aromatic carbocycles. The molecular formula is C17H22N4O3. The minimum Gasteiger partial charge on any atom is -0.493 e. The number of hydrogen-bond donors (Lipinski definition) is 1. The maximum Gasteiger partial charge on any atom is 0.234 e. The Kier molecular flexibility index (Phi) is 5.32. The van der Waals surface area contributed by atoms with Gasteiger partial charge in [0.05, 0.1) is 26.7 Å². The van der Waals surface area contributed by atoms with Crippen LogP contribution in [0.3, 0.4) is 0 Å². The molecule has 2 aromatic rings. The van der Waals surface area contributed by atoms with E-state index in [4.69, 9.17) is 9.47 Å². The predicted molar refractivity (Wildman–Crippen MR) is 89.0 cm³/mol. The molecule has 1 amide bonds. The third-order valence-electron chi connectivity index (χ3n) is 3.94. The summed E-state index contributed by atoms with van der Waals surface area (Å²) < 4.78 is 13.0. The molecule has 0 spiro atoms. The Morgan fingerprint density at radius 1 is 1.29 bits per heavy atom. The van der Waals surface area contributed by atoms with Crippen LogP contribution in [0, 0.1) is 0 Å². The minimum absolute atomic E-state index is 0.00127. The third kappa shape index (κ3) is 4.05. The van der Waals surface area contributed by atoms with Gasteiger partial charge in [-0.15, -0.1) is 0 Å². The highest BCUT2D eigenvalue weighted by molar-refractivity contribution is 5.78. The molecule has 0 saturated heterocycles. The lowest BCUT2D eigenvalue weighted by molar-refractivity contribution is -0.122. The first kappa shape index (κ1) is 16.3. The zero-order valence-corrected chi connectivity index (χ0v) is 13.8. The molecule has 24 heavy (non-hydrogen) atoms. The Morgan fingerprint density at radius 3 is 2.96 bits per heavy atom. The van der Waals surface area contributed by atoms with Gasteiger partial charge in [-0.05, 0) is 12.1 Å². The first-order valence-electron chi connectivity index (χ1n) is 8.01. The number of methoxy groups -OCH3 is 1. The molecule has 7 nitrogen and oxygen atoms in total. The molecule has 128 valence electrons. The first-order valence-corrected chi connectivity index (χ1v) is 8.01. The Balaban J connectivity index is 1.37. The van der Waals surface area contributed by atoms with E-state index in [9.17, 15) is 4.79 Å².